The fourth-order valence-corrected chi connectivity index (χ4v) is 2.92. The number of nitro groups is 1. The maximum Gasteiger partial charge on any atom is 0.368 e. The van der Waals surface area contributed by atoms with Gasteiger partial charge in [-0.2, -0.15) is 0 Å². The van der Waals surface area contributed by atoms with Crippen LogP contribution in [0.5, 0.6) is 0 Å². The van der Waals surface area contributed by atoms with E-state index < -0.39 is 10.9 Å². The Morgan fingerprint density at radius 1 is 1.07 bits per heavy atom. The van der Waals surface area contributed by atoms with Crippen LogP contribution in [-0.4, -0.2) is 16.6 Å². The smallest absolute Gasteiger partial charge is 0.368 e. The van der Waals surface area contributed by atoms with E-state index in [1.807, 2.05) is 37.3 Å². The third-order valence-corrected chi connectivity index (χ3v) is 4.35. The summed E-state index contributed by atoms with van der Waals surface area (Å²) in [5.41, 5.74) is 2.89. The standard InChI is InChI=1S/C21H14N2O5/c1-13-7-8-15(23(25)26)11-17(13)19-10-9-16(27-19)12-18-20(22-28-21(18)24)14-5-3-2-4-6-14/h2-12H,1H3. The van der Waals surface area contributed by atoms with Crippen molar-refractivity contribution in [2.75, 3.05) is 0 Å². The highest BCUT2D eigenvalue weighted by Gasteiger charge is 2.27. The fraction of sp³-hybridized carbons (Fsp3) is 0.0476. The van der Waals surface area contributed by atoms with Crippen LogP contribution < -0.4 is 0 Å². The fourth-order valence-electron chi connectivity index (χ4n) is 2.92. The Bertz CT molecular complexity index is 1140. The molecule has 0 fully saturated rings. The Kier molecular flexibility index (Phi) is 4.33. The van der Waals surface area contributed by atoms with Gasteiger partial charge in [0.2, 0.25) is 0 Å². The molecule has 7 nitrogen and oxygen atoms in total. The van der Waals surface area contributed by atoms with Gasteiger partial charge in [0.15, 0.2) is 0 Å². The zero-order valence-electron chi connectivity index (χ0n) is 14.8. The third kappa shape index (κ3) is 3.21. The van der Waals surface area contributed by atoms with Crippen LogP contribution in [0.1, 0.15) is 16.9 Å². The van der Waals surface area contributed by atoms with Crippen molar-refractivity contribution in [1.82, 2.24) is 0 Å². The van der Waals surface area contributed by atoms with Crippen LogP contribution in [0.2, 0.25) is 0 Å². The molecule has 138 valence electrons. The molecule has 28 heavy (non-hydrogen) atoms. The molecule has 0 saturated carbocycles. The molecule has 0 aliphatic carbocycles. The second kappa shape index (κ2) is 6.96. The summed E-state index contributed by atoms with van der Waals surface area (Å²) in [6.45, 7) is 1.84. The number of oxime groups is 1. The number of carbonyl (C=O) groups excluding carboxylic acids is 1. The second-order valence-electron chi connectivity index (χ2n) is 6.20. The molecule has 0 radical (unpaired) electrons. The first-order chi connectivity index (χ1) is 13.5. The van der Waals surface area contributed by atoms with Crippen molar-refractivity contribution in [1.29, 1.82) is 0 Å². The molecule has 3 aromatic rings. The zero-order chi connectivity index (χ0) is 19.7. The Hall–Kier alpha value is -4.00. The summed E-state index contributed by atoms with van der Waals surface area (Å²) in [5.74, 6) is 0.319. The number of non-ortho nitro benzene ring substituents is 1. The minimum atomic E-state index is -0.566. The lowest BCUT2D eigenvalue weighted by Gasteiger charge is -2.02. The predicted molar refractivity (Wildman–Crippen MR) is 103 cm³/mol. The lowest BCUT2D eigenvalue weighted by molar-refractivity contribution is -0.384. The second-order valence-corrected chi connectivity index (χ2v) is 6.20. The van der Waals surface area contributed by atoms with Crippen LogP contribution in [0.4, 0.5) is 5.69 Å². The minimum Gasteiger partial charge on any atom is -0.457 e. The number of hydrogen-bond donors (Lipinski definition) is 0. The van der Waals surface area contributed by atoms with E-state index in [0.717, 1.165) is 11.1 Å². The summed E-state index contributed by atoms with van der Waals surface area (Å²) in [6.07, 6.45) is 1.55. The zero-order valence-corrected chi connectivity index (χ0v) is 14.8. The largest absolute Gasteiger partial charge is 0.457 e. The summed E-state index contributed by atoms with van der Waals surface area (Å²) in [6, 6.07) is 17.2. The summed E-state index contributed by atoms with van der Waals surface area (Å²) in [7, 11) is 0. The van der Waals surface area contributed by atoms with Gasteiger partial charge in [-0.05, 0) is 30.7 Å². The van der Waals surface area contributed by atoms with Gasteiger partial charge in [-0.3, -0.25) is 10.1 Å². The van der Waals surface area contributed by atoms with Crippen LogP contribution in [0.3, 0.4) is 0 Å². The van der Waals surface area contributed by atoms with Gasteiger partial charge in [0.05, 0.1) is 10.5 Å². The first-order valence-electron chi connectivity index (χ1n) is 8.45. The Balaban J connectivity index is 1.70. The van der Waals surface area contributed by atoms with Crippen LogP contribution in [0.15, 0.2) is 75.8 Å². The van der Waals surface area contributed by atoms with Gasteiger partial charge in [0, 0.05) is 23.3 Å². The van der Waals surface area contributed by atoms with E-state index >= 15 is 0 Å². The van der Waals surface area contributed by atoms with Gasteiger partial charge >= 0.3 is 5.97 Å². The maximum atomic E-state index is 12.1. The molecule has 1 aliphatic heterocycles. The maximum absolute atomic E-state index is 12.1. The van der Waals surface area contributed by atoms with E-state index in [2.05, 4.69) is 5.16 Å². The molecule has 0 spiro atoms. The Morgan fingerprint density at radius 2 is 1.86 bits per heavy atom. The van der Waals surface area contributed by atoms with Gasteiger partial charge in [-0.1, -0.05) is 41.6 Å². The molecule has 0 N–H and O–H groups in total. The molecule has 0 bridgehead atoms. The molecule has 0 unspecified atom stereocenters. The molecular weight excluding hydrogens is 360 g/mol. The van der Waals surface area contributed by atoms with Crippen LogP contribution >= 0.6 is 0 Å². The van der Waals surface area contributed by atoms with Crippen LogP contribution in [0, 0.1) is 17.0 Å². The van der Waals surface area contributed by atoms with E-state index in [1.165, 1.54) is 12.1 Å². The van der Waals surface area contributed by atoms with Gasteiger partial charge in [0.1, 0.15) is 17.2 Å². The van der Waals surface area contributed by atoms with Gasteiger partial charge in [-0.25, -0.2) is 4.79 Å². The van der Waals surface area contributed by atoms with E-state index in [-0.39, 0.29) is 11.3 Å². The first kappa shape index (κ1) is 17.4. The SMILES string of the molecule is Cc1ccc([N+](=O)[O-])cc1-c1ccc(C=C2C(=O)ON=C2c2ccccc2)o1. The number of benzene rings is 2. The molecule has 1 aliphatic rings. The number of furan rings is 1. The number of hydrogen-bond acceptors (Lipinski definition) is 6. The number of nitrogens with zero attached hydrogens (tertiary/aromatic N) is 2. The first-order valence-corrected chi connectivity index (χ1v) is 8.45. The van der Waals surface area contributed by atoms with E-state index in [4.69, 9.17) is 9.25 Å². The van der Waals surface area contributed by atoms with Crippen molar-refractivity contribution in [3.8, 4) is 11.3 Å². The van der Waals surface area contributed by atoms with Gasteiger partial charge in [0.25, 0.3) is 5.69 Å². The van der Waals surface area contributed by atoms with Crippen molar-refractivity contribution in [3.05, 3.63) is 93.2 Å². The summed E-state index contributed by atoms with van der Waals surface area (Å²) in [5, 5.41) is 14.9. The average Bonchev–Trinajstić information content (AvgIpc) is 3.30. The summed E-state index contributed by atoms with van der Waals surface area (Å²) < 4.78 is 5.82. The molecule has 0 amide bonds. The van der Waals surface area contributed by atoms with Crippen molar-refractivity contribution in [2.45, 2.75) is 6.92 Å². The molecule has 2 aromatic carbocycles. The average molecular weight is 374 g/mol. The van der Waals surface area contributed by atoms with Crippen LogP contribution in [-0.2, 0) is 9.63 Å². The summed E-state index contributed by atoms with van der Waals surface area (Å²) >= 11 is 0. The molecule has 0 saturated heterocycles. The van der Waals surface area contributed by atoms with Crippen LogP contribution in [0.25, 0.3) is 17.4 Å². The highest BCUT2D eigenvalue weighted by Crippen LogP contribution is 2.30. The topological polar surface area (TPSA) is 94.9 Å². The number of rotatable bonds is 4. The minimum absolute atomic E-state index is 0.0187. The van der Waals surface area contributed by atoms with Gasteiger partial charge < -0.3 is 9.25 Å². The molecule has 7 heteroatoms. The van der Waals surface area contributed by atoms with Crippen molar-refractivity contribution in [2.24, 2.45) is 5.16 Å². The molecular formula is C21H14N2O5. The summed E-state index contributed by atoms with van der Waals surface area (Å²) in [4.78, 5) is 27.5. The highest BCUT2D eigenvalue weighted by atomic mass is 16.7. The Labute approximate surface area is 159 Å². The Morgan fingerprint density at radius 3 is 2.61 bits per heavy atom. The van der Waals surface area contributed by atoms with E-state index in [0.29, 0.717) is 22.8 Å². The number of aryl methyl sites for hydroxylation is 1. The molecule has 4 rings (SSSR count). The monoisotopic (exact) mass is 374 g/mol. The number of carbonyl (C=O) groups is 1. The lowest BCUT2D eigenvalue weighted by Crippen LogP contribution is -2.06. The normalized spacial score (nSPS) is 14.8. The predicted octanol–water partition coefficient (Wildman–Crippen LogP) is 4.51. The molecule has 0 atom stereocenters. The van der Waals surface area contributed by atoms with Crippen molar-refractivity contribution < 1.29 is 19.0 Å². The quantitative estimate of drug-likeness (QED) is 0.290. The third-order valence-electron chi connectivity index (χ3n) is 4.35. The number of nitro benzene ring substituents is 1. The molecule has 1 aromatic heterocycles. The highest BCUT2D eigenvalue weighted by molar-refractivity contribution is 6.31. The van der Waals surface area contributed by atoms with E-state index in [1.54, 1.807) is 24.3 Å². The lowest BCUT2D eigenvalue weighted by atomic mass is 10.0. The van der Waals surface area contributed by atoms with Crippen molar-refractivity contribution >= 4 is 23.4 Å². The van der Waals surface area contributed by atoms with E-state index in [9.17, 15) is 14.9 Å². The van der Waals surface area contributed by atoms with Gasteiger partial charge in [-0.15, -0.1) is 0 Å². The van der Waals surface area contributed by atoms with Crippen molar-refractivity contribution in [3.63, 3.8) is 0 Å². The molecule has 2 heterocycles.